The van der Waals surface area contributed by atoms with Gasteiger partial charge in [-0.25, -0.2) is 0 Å². The number of aliphatic hydroxyl groups is 2. The maximum Gasteiger partial charge on any atom is 0.261 e. The van der Waals surface area contributed by atoms with Gasteiger partial charge in [0, 0.05) is 19.2 Å². The van der Waals surface area contributed by atoms with E-state index in [4.69, 9.17) is 9.16 Å². The summed E-state index contributed by atoms with van der Waals surface area (Å²) in [6.07, 6.45) is 3.50. The molecule has 1 aliphatic carbocycles. The highest BCUT2D eigenvalue weighted by Gasteiger charge is 2.55. The van der Waals surface area contributed by atoms with Crippen molar-refractivity contribution >= 4 is 64.7 Å². The highest BCUT2D eigenvalue weighted by molar-refractivity contribution is 14.1. The summed E-state index contributed by atoms with van der Waals surface area (Å²) in [5.74, 6) is -2.40. The van der Waals surface area contributed by atoms with E-state index in [1.807, 2.05) is 66.7 Å². The van der Waals surface area contributed by atoms with E-state index < -0.39 is 38.8 Å². The molecule has 55 heavy (non-hydrogen) atoms. The van der Waals surface area contributed by atoms with E-state index in [0.717, 1.165) is 32.8 Å². The molecule has 6 rings (SSSR count). The van der Waals surface area contributed by atoms with Gasteiger partial charge in [0.15, 0.2) is 11.5 Å². The SMILES string of the molecule is COc1cc(/C=C(/CC[C@@H](O)C2=C(CO[Si](c3ccccc3)(c3ccccc3)C(C)(C)C)C[C@H]3C(=O)N(C)C(=O)[C@H]3[C@H]2CO)c2ccccn2)cc(I)c1O. The average Bonchev–Trinajstić information content (AvgIpc) is 3.40. The minimum Gasteiger partial charge on any atom is -0.504 e. The predicted molar refractivity (Wildman–Crippen MR) is 225 cm³/mol. The first-order valence-electron chi connectivity index (χ1n) is 18.6. The second kappa shape index (κ2) is 16.9. The molecule has 288 valence electrons. The molecular weight excluding hydrogens is 823 g/mol. The number of ether oxygens (including phenoxy) is 1. The molecule has 4 atom stereocenters. The number of halogens is 1. The molecule has 2 aliphatic rings. The number of hydrogen-bond donors (Lipinski definition) is 3. The van der Waals surface area contributed by atoms with E-state index >= 15 is 0 Å². The van der Waals surface area contributed by atoms with Crippen molar-refractivity contribution in [3.8, 4) is 11.5 Å². The molecule has 0 spiro atoms. The van der Waals surface area contributed by atoms with Gasteiger partial charge in [-0.1, -0.05) is 87.5 Å². The summed E-state index contributed by atoms with van der Waals surface area (Å²) in [4.78, 5) is 32.9. The van der Waals surface area contributed by atoms with Crippen LogP contribution in [0.2, 0.25) is 5.04 Å². The molecule has 0 bridgehead atoms. The van der Waals surface area contributed by atoms with E-state index in [-0.39, 0.29) is 42.1 Å². The predicted octanol–water partition coefficient (Wildman–Crippen LogP) is 6.20. The minimum atomic E-state index is -3.03. The van der Waals surface area contributed by atoms with Gasteiger partial charge in [0.25, 0.3) is 8.32 Å². The number of aromatic nitrogens is 1. The second-order valence-electron chi connectivity index (χ2n) is 15.4. The zero-order valence-electron chi connectivity index (χ0n) is 31.9. The van der Waals surface area contributed by atoms with Gasteiger partial charge in [-0.15, -0.1) is 0 Å². The number of aromatic hydroxyl groups is 1. The Balaban J connectivity index is 1.43. The van der Waals surface area contributed by atoms with Crippen LogP contribution in [0.1, 0.15) is 51.3 Å². The number of phenols is 1. The lowest BCUT2D eigenvalue weighted by atomic mass is 9.68. The van der Waals surface area contributed by atoms with Gasteiger partial charge in [-0.3, -0.25) is 19.5 Å². The van der Waals surface area contributed by atoms with Crippen LogP contribution in [-0.2, 0) is 14.0 Å². The molecule has 11 heteroatoms. The summed E-state index contributed by atoms with van der Waals surface area (Å²) >= 11 is 2.06. The lowest BCUT2D eigenvalue weighted by Crippen LogP contribution is -2.66. The molecule has 3 N–H and O–H groups in total. The van der Waals surface area contributed by atoms with Gasteiger partial charge in [-0.05, 0) is 110 Å². The molecule has 9 nitrogen and oxygen atoms in total. The van der Waals surface area contributed by atoms with Crippen LogP contribution in [0.5, 0.6) is 11.5 Å². The van der Waals surface area contributed by atoms with Crippen molar-refractivity contribution in [1.82, 2.24) is 9.88 Å². The lowest BCUT2D eigenvalue weighted by molar-refractivity contribution is -0.138. The highest BCUT2D eigenvalue weighted by Crippen LogP contribution is 2.47. The van der Waals surface area contributed by atoms with E-state index in [9.17, 15) is 24.9 Å². The van der Waals surface area contributed by atoms with Crippen molar-refractivity contribution in [2.45, 2.75) is 51.2 Å². The number of aliphatic hydroxyl groups excluding tert-OH is 2. The average molecular weight is 873 g/mol. The van der Waals surface area contributed by atoms with E-state index in [0.29, 0.717) is 21.3 Å². The number of benzene rings is 3. The van der Waals surface area contributed by atoms with Crippen molar-refractivity contribution in [3.05, 3.63) is 123 Å². The van der Waals surface area contributed by atoms with Crippen LogP contribution in [0.3, 0.4) is 0 Å². The zero-order chi connectivity index (χ0) is 39.5. The molecule has 0 saturated carbocycles. The molecule has 1 aromatic heterocycles. The van der Waals surface area contributed by atoms with Crippen molar-refractivity contribution in [3.63, 3.8) is 0 Å². The Hall–Kier alpha value is -4.14. The quantitative estimate of drug-likeness (QED) is 0.0628. The number of carbonyl (C=O) groups excluding carboxylic acids is 2. The van der Waals surface area contributed by atoms with E-state index in [1.165, 1.54) is 19.1 Å². The molecule has 0 unspecified atom stereocenters. The maximum absolute atomic E-state index is 13.6. The molecule has 4 aromatic rings. The number of imide groups is 1. The van der Waals surface area contributed by atoms with Crippen LogP contribution >= 0.6 is 22.6 Å². The fourth-order valence-corrected chi connectivity index (χ4v) is 13.7. The number of rotatable bonds is 13. The Bertz CT molecular complexity index is 2030. The number of amides is 2. The molecule has 0 radical (unpaired) electrons. The number of methoxy groups -OCH3 is 1. The topological polar surface area (TPSA) is 129 Å². The van der Waals surface area contributed by atoms with Crippen LogP contribution in [0.25, 0.3) is 11.6 Å². The van der Waals surface area contributed by atoms with Gasteiger partial charge in [0.2, 0.25) is 11.8 Å². The summed E-state index contributed by atoms with van der Waals surface area (Å²) < 4.78 is 13.4. The van der Waals surface area contributed by atoms with Gasteiger partial charge < -0.3 is 24.5 Å². The number of hydrogen-bond acceptors (Lipinski definition) is 8. The summed E-state index contributed by atoms with van der Waals surface area (Å²) in [5.41, 5.74) is 3.67. The van der Waals surface area contributed by atoms with Gasteiger partial charge in [0.1, 0.15) is 0 Å². The summed E-state index contributed by atoms with van der Waals surface area (Å²) in [6, 6.07) is 29.8. The van der Waals surface area contributed by atoms with E-state index in [1.54, 1.807) is 12.3 Å². The summed E-state index contributed by atoms with van der Waals surface area (Å²) in [6.45, 7) is 6.31. The maximum atomic E-state index is 13.6. The standard InChI is InChI=1S/C44H49IN2O7Si/c1-44(2,3)55(31-14-8-6-9-15-31,32-16-10-7-11-17-32)54-27-30-25-33-40(43(52)47(4)42(33)51)34(26-48)39(30)37(49)20-19-29(36-18-12-13-21-46-36)22-28-23-35(45)41(50)38(24-28)53-5/h6-18,21-24,33-34,37,40,48-50H,19-20,25-27H2,1-5H3/b29-22-/t33-,34+,37-,40-/m1/s1. The third-order valence-corrected chi connectivity index (χ3v) is 16.9. The number of likely N-dealkylation sites (tertiary alicyclic amines) is 1. The molecule has 1 saturated heterocycles. The first-order chi connectivity index (χ1) is 26.3. The Labute approximate surface area is 338 Å². The second-order valence-corrected chi connectivity index (χ2v) is 20.8. The zero-order valence-corrected chi connectivity index (χ0v) is 35.1. The van der Waals surface area contributed by atoms with Gasteiger partial charge >= 0.3 is 0 Å². The number of carbonyl (C=O) groups is 2. The lowest BCUT2D eigenvalue weighted by Gasteiger charge is -2.44. The third kappa shape index (κ3) is 7.95. The number of allylic oxidation sites excluding steroid dienone is 1. The Morgan fingerprint density at radius 1 is 1.00 bits per heavy atom. The summed E-state index contributed by atoms with van der Waals surface area (Å²) in [5, 5.41) is 35.7. The first-order valence-corrected chi connectivity index (χ1v) is 21.6. The van der Waals surface area contributed by atoms with Crippen molar-refractivity contribution in [2.75, 3.05) is 27.4 Å². The molecular formula is C44H49IN2O7Si. The normalized spacial score (nSPS) is 19.8. The smallest absolute Gasteiger partial charge is 0.261 e. The van der Waals surface area contributed by atoms with Gasteiger partial charge in [-0.2, -0.15) is 0 Å². The van der Waals surface area contributed by atoms with Crippen molar-refractivity contribution in [2.24, 2.45) is 17.8 Å². The monoisotopic (exact) mass is 872 g/mol. The largest absolute Gasteiger partial charge is 0.504 e. The fraction of sp³-hybridized carbons (Fsp3) is 0.341. The molecule has 3 aromatic carbocycles. The number of phenolic OH excluding ortho intramolecular Hbond substituents is 1. The van der Waals surface area contributed by atoms with Crippen LogP contribution < -0.4 is 15.1 Å². The first kappa shape index (κ1) is 40.5. The number of fused-ring (bicyclic) bond motifs is 1. The van der Waals surface area contributed by atoms with E-state index in [2.05, 4.69) is 72.6 Å². The Kier molecular flexibility index (Phi) is 12.5. The van der Waals surface area contributed by atoms with Crippen LogP contribution in [0.15, 0.2) is 108 Å². The molecule has 1 aliphatic heterocycles. The highest BCUT2D eigenvalue weighted by atomic mass is 127. The number of pyridine rings is 1. The molecule has 2 heterocycles. The molecule has 1 fully saturated rings. The number of nitrogens with zero attached hydrogens (tertiary/aromatic N) is 2. The minimum absolute atomic E-state index is 0.0612. The third-order valence-electron chi connectivity index (χ3n) is 11.1. The van der Waals surface area contributed by atoms with Crippen molar-refractivity contribution < 1.29 is 34.1 Å². The molecule has 2 amide bonds. The van der Waals surface area contributed by atoms with Gasteiger partial charge in [0.05, 0.1) is 47.5 Å². The van der Waals surface area contributed by atoms with Crippen LogP contribution in [0, 0.1) is 21.3 Å². The summed E-state index contributed by atoms with van der Waals surface area (Å²) in [7, 11) is -0.0349. The Morgan fingerprint density at radius 3 is 2.20 bits per heavy atom. The van der Waals surface area contributed by atoms with Crippen LogP contribution in [-0.4, -0.2) is 78.8 Å². The fourth-order valence-electron chi connectivity index (χ4n) is 8.51. The van der Waals surface area contributed by atoms with Crippen molar-refractivity contribution in [1.29, 1.82) is 0 Å². The Morgan fingerprint density at radius 2 is 1.64 bits per heavy atom. The van der Waals surface area contributed by atoms with Crippen LogP contribution in [0.4, 0.5) is 0 Å².